The first-order valence-electron chi connectivity index (χ1n) is 9.52. The second kappa shape index (κ2) is 9.83. The maximum Gasteiger partial charge on any atom is 0.243 e. The SMILES string of the molecule is Cc1cccc(CN(CC(=O)Nc2ccc(C)c(Cl)c2)S(=O)(=O)c2ccc(Cl)cc2)c1. The predicted molar refractivity (Wildman–Crippen MR) is 125 cm³/mol. The van der Waals surface area contributed by atoms with E-state index in [0.717, 1.165) is 21.0 Å². The third-order valence-electron chi connectivity index (χ3n) is 4.67. The largest absolute Gasteiger partial charge is 0.325 e. The van der Waals surface area contributed by atoms with E-state index in [0.29, 0.717) is 15.7 Å². The molecule has 3 rings (SSSR count). The molecule has 0 aromatic heterocycles. The molecule has 0 heterocycles. The molecule has 0 aliphatic rings. The molecular formula is C23H22Cl2N2O3S. The Kier molecular flexibility index (Phi) is 7.38. The molecule has 0 saturated heterocycles. The summed E-state index contributed by atoms with van der Waals surface area (Å²) < 4.78 is 27.8. The summed E-state index contributed by atoms with van der Waals surface area (Å²) in [6, 6.07) is 18.5. The molecule has 31 heavy (non-hydrogen) atoms. The molecule has 5 nitrogen and oxygen atoms in total. The van der Waals surface area contributed by atoms with E-state index < -0.39 is 15.9 Å². The number of nitrogens with zero attached hydrogens (tertiary/aromatic N) is 1. The van der Waals surface area contributed by atoms with Crippen LogP contribution in [0.4, 0.5) is 5.69 Å². The third kappa shape index (κ3) is 6.08. The summed E-state index contributed by atoms with van der Waals surface area (Å²) in [7, 11) is -3.94. The maximum atomic E-state index is 13.3. The van der Waals surface area contributed by atoms with Crippen LogP contribution < -0.4 is 5.32 Å². The number of hydrogen-bond acceptors (Lipinski definition) is 3. The molecule has 0 radical (unpaired) electrons. The lowest BCUT2D eigenvalue weighted by molar-refractivity contribution is -0.116. The Bertz CT molecular complexity index is 1200. The zero-order valence-electron chi connectivity index (χ0n) is 17.1. The molecule has 1 amide bonds. The van der Waals surface area contributed by atoms with Crippen LogP contribution in [0.3, 0.4) is 0 Å². The monoisotopic (exact) mass is 476 g/mol. The van der Waals surface area contributed by atoms with Crippen molar-refractivity contribution in [1.82, 2.24) is 4.31 Å². The molecular weight excluding hydrogens is 455 g/mol. The number of carbonyl (C=O) groups excluding carboxylic acids is 1. The first kappa shape index (κ1) is 23.3. The number of amides is 1. The highest BCUT2D eigenvalue weighted by Gasteiger charge is 2.27. The van der Waals surface area contributed by atoms with Gasteiger partial charge in [-0.1, -0.05) is 59.1 Å². The van der Waals surface area contributed by atoms with Gasteiger partial charge in [0.25, 0.3) is 0 Å². The van der Waals surface area contributed by atoms with Gasteiger partial charge in [-0.3, -0.25) is 4.79 Å². The molecule has 0 fully saturated rings. The second-order valence-electron chi connectivity index (χ2n) is 7.23. The van der Waals surface area contributed by atoms with Gasteiger partial charge < -0.3 is 5.32 Å². The lowest BCUT2D eigenvalue weighted by Crippen LogP contribution is -2.37. The van der Waals surface area contributed by atoms with Crippen molar-refractivity contribution in [1.29, 1.82) is 0 Å². The Morgan fingerprint density at radius 1 is 0.968 bits per heavy atom. The van der Waals surface area contributed by atoms with Gasteiger partial charge in [0.2, 0.25) is 15.9 Å². The van der Waals surface area contributed by atoms with Gasteiger partial charge in [-0.2, -0.15) is 4.31 Å². The van der Waals surface area contributed by atoms with Crippen molar-refractivity contribution in [2.24, 2.45) is 0 Å². The number of halogens is 2. The molecule has 0 unspecified atom stereocenters. The highest BCUT2D eigenvalue weighted by atomic mass is 35.5. The molecule has 0 aliphatic heterocycles. The van der Waals surface area contributed by atoms with Gasteiger partial charge in [0.1, 0.15) is 0 Å². The van der Waals surface area contributed by atoms with Gasteiger partial charge in [0.05, 0.1) is 11.4 Å². The van der Waals surface area contributed by atoms with Crippen molar-refractivity contribution in [2.45, 2.75) is 25.3 Å². The first-order valence-corrected chi connectivity index (χ1v) is 11.7. The van der Waals surface area contributed by atoms with Crippen LogP contribution in [0.1, 0.15) is 16.7 Å². The van der Waals surface area contributed by atoms with Crippen LogP contribution in [-0.4, -0.2) is 25.2 Å². The maximum absolute atomic E-state index is 13.3. The summed E-state index contributed by atoms with van der Waals surface area (Å²) in [5.74, 6) is -0.467. The zero-order valence-corrected chi connectivity index (χ0v) is 19.4. The van der Waals surface area contributed by atoms with E-state index in [1.165, 1.54) is 24.3 Å². The van der Waals surface area contributed by atoms with Crippen LogP contribution in [0.2, 0.25) is 10.0 Å². The van der Waals surface area contributed by atoms with Crippen LogP contribution in [0.5, 0.6) is 0 Å². The number of hydrogen-bond donors (Lipinski definition) is 1. The summed E-state index contributed by atoms with van der Waals surface area (Å²) >= 11 is 12.0. The Hall–Kier alpha value is -2.38. The molecule has 162 valence electrons. The number of benzene rings is 3. The Morgan fingerprint density at radius 3 is 2.32 bits per heavy atom. The average molecular weight is 477 g/mol. The third-order valence-corrected chi connectivity index (χ3v) is 7.13. The number of nitrogens with one attached hydrogen (secondary N) is 1. The van der Waals surface area contributed by atoms with Gasteiger partial charge in [0, 0.05) is 22.3 Å². The fraction of sp³-hybridized carbons (Fsp3) is 0.174. The van der Waals surface area contributed by atoms with E-state index in [1.807, 2.05) is 38.1 Å². The molecule has 0 atom stereocenters. The minimum atomic E-state index is -3.94. The lowest BCUT2D eigenvalue weighted by Gasteiger charge is -2.22. The van der Waals surface area contributed by atoms with Gasteiger partial charge in [-0.15, -0.1) is 0 Å². The Morgan fingerprint density at radius 2 is 1.68 bits per heavy atom. The van der Waals surface area contributed by atoms with E-state index in [4.69, 9.17) is 23.2 Å². The molecule has 0 saturated carbocycles. The van der Waals surface area contributed by atoms with Crippen LogP contribution in [0, 0.1) is 13.8 Å². The summed E-state index contributed by atoms with van der Waals surface area (Å²) in [4.78, 5) is 12.8. The first-order chi connectivity index (χ1) is 14.6. The van der Waals surface area contributed by atoms with E-state index in [1.54, 1.807) is 18.2 Å². The molecule has 0 bridgehead atoms. The standard InChI is InChI=1S/C23H22Cl2N2O3S/c1-16-4-3-5-18(12-16)14-27(31(29,30)21-10-7-19(24)8-11-21)15-23(28)26-20-9-6-17(2)22(25)13-20/h3-13H,14-15H2,1-2H3,(H,26,28). The Labute approximate surface area is 192 Å². The smallest absolute Gasteiger partial charge is 0.243 e. The van der Waals surface area contributed by atoms with E-state index in [2.05, 4.69) is 5.32 Å². The zero-order chi connectivity index (χ0) is 22.6. The highest BCUT2D eigenvalue weighted by Crippen LogP contribution is 2.22. The van der Waals surface area contributed by atoms with Gasteiger partial charge in [-0.05, 0) is 61.4 Å². The topological polar surface area (TPSA) is 66.5 Å². The fourth-order valence-corrected chi connectivity index (χ4v) is 4.72. The minimum absolute atomic E-state index is 0.0503. The molecule has 8 heteroatoms. The molecule has 1 N–H and O–H groups in total. The Balaban J connectivity index is 1.88. The van der Waals surface area contributed by atoms with Gasteiger partial charge in [0.15, 0.2) is 0 Å². The number of anilines is 1. The van der Waals surface area contributed by atoms with Crippen LogP contribution in [0.25, 0.3) is 0 Å². The quantitative estimate of drug-likeness (QED) is 0.493. The lowest BCUT2D eigenvalue weighted by atomic mass is 10.1. The highest BCUT2D eigenvalue weighted by molar-refractivity contribution is 7.89. The van der Waals surface area contributed by atoms with Crippen molar-refractivity contribution in [3.8, 4) is 0 Å². The molecule has 3 aromatic carbocycles. The van der Waals surface area contributed by atoms with E-state index in [-0.39, 0.29) is 18.0 Å². The van der Waals surface area contributed by atoms with Crippen LogP contribution in [-0.2, 0) is 21.4 Å². The van der Waals surface area contributed by atoms with Crippen molar-refractivity contribution >= 4 is 44.8 Å². The van der Waals surface area contributed by atoms with Crippen molar-refractivity contribution in [3.63, 3.8) is 0 Å². The fourth-order valence-electron chi connectivity index (χ4n) is 3.03. The number of sulfonamides is 1. The van der Waals surface area contributed by atoms with Crippen molar-refractivity contribution < 1.29 is 13.2 Å². The predicted octanol–water partition coefficient (Wildman–Crippen LogP) is 5.44. The van der Waals surface area contributed by atoms with Gasteiger partial charge in [-0.25, -0.2) is 8.42 Å². The van der Waals surface area contributed by atoms with Crippen LogP contribution >= 0.6 is 23.2 Å². The summed E-state index contributed by atoms with van der Waals surface area (Å²) in [6.45, 7) is 3.48. The second-order valence-corrected chi connectivity index (χ2v) is 10.0. The normalized spacial score (nSPS) is 11.5. The molecule has 0 aliphatic carbocycles. The number of carbonyl (C=O) groups is 1. The number of rotatable bonds is 7. The average Bonchev–Trinajstić information content (AvgIpc) is 2.70. The molecule has 3 aromatic rings. The molecule has 0 spiro atoms. The number of aryl methyl sites for hydroxylation is 2. The summed E-state index contributed by atoms with van der Waals surface area (Å²) in [6.07, 6.45) is 0. The van der Waals surface area contributed by atoms with Crippen molar-refractivity contribution in [3.05, 3.63) is 93.5 Å². The van der Waals surface area contributed by atoms with Gasteiger partial charge >= 0.3 is 0 Å². The van der Waals surface area contributed by atoms with E-state index in [9.17, 15) is 13.2 Å². The summed E-state index contributed by atoms with van der Waals surface area (Å²) in [5, 5.41) is 3.67. The van der Waals surface area contributed by atoms with Crippen molar-refractivity contribution in [2.75, 3.05) is 11.9 Å². The van der Waals surface area contributed by atoms with E-state index >= 15 is 0 Å². The summed E-state index contributed by atoms with van der Waals surface area (Å²) in [5.41, 5.74) is 3.16. The van der Waals surface area contributed by atoms with Crippen LogP contribution in [0.15, 0.2) is 71.6 Å². The minimum Gasteiger partial charge on any atom is -0.325 e.